The Morgan fingerprint density at radius 2 is 1.31 bits per heavy atom. The second kappa shape index (κ2) is 9.13. The van der Waals surface area contributed by atoms with Gasteiger partial charge < -0.3 is 4.42 Å². The van der Waals surface area contributed by atoms with Crippen molar-refractivity contribution in [3.8, 4) is 39.3 Å². The minimum Gasteiger partial charge on any atom is -0.456 e. The van der Waals surface area contributed by atoms with E-state index in [9.17, 15) is 0 Å². The molecule has 0 amide bonds. The maximum atomic E-state index is 6.57. The Hall–Kier alpha value is -6.30. The summed E-state index contributed by atoms with van der Waals surface area (Å²) in [4.78, 5) is 12.2. The quantitative estimate of drug-likeness (QED) is 0.182. The minimum atomic E-state index is -0.137. The first kappa shape index (κ1) is 27.4. The second-order valence-corrected chi connectivity index (χ2v) is 15.9. The Labute approximate surface area is 301 Å². The Morgan fingerprint density at radius 1 is 0.577 bits per heavy atom. The Kier molecular flexibility index (Phi) is 4.81. The van der Waals surface area contributed by atoms with Crippen LogP contribution in [-0.4, -0.2) is 14.5 Å². The highest BCUT2D eigenvalue weighted by Gasteiger charge is 2.36. The van der Waals surface area contributed by atoms with Crippen molar-refractivity contribution in [1.29, 1.82) is 0 Å². The summed E-state index contributed by atoms with van der Waals surface area (Å²) in [5, 5.41) is 8.43. The molecule has 0 N–H and O–H groups in total. The molecule has 0 fully saturated rings. The van der Waals surface area contributed by atoms with Gasteiger partial charge in [0.1, 0.15) is 27.2 Å². The van der Waals surface area contributed by atoms with Crippen molar-refractivity contribution in [2.75, 3.05) is 0 Å². The zero-order valence-electron chi connectivity index (χ0n) is 28.3. The summed E-state index contributed by atoms with van der Waals surface area (Å²) in [6, 6.07) is 46.4. The van der Waals surface area contributed by atoms with Crippen LogP contribution >= 0.6 is 11.3 Å². The SMILES string of the molecule is CC1(C)c2ccccc2-c2ccc(-c3nc4sc5ccccc5c4nc3-n3c4ccc5cccc6c5c4c4c5c(ccc43)oc3cccc-6c35)cc21. The number of hydrogen-bond donors (Lipinski definition) is 0. The third-order valence-corrected chi connectivity index (χ3v) is 13.0. The van der Waals surface area contributed by atoms with Gasteiger partial charge in [0.15, 0.2) is 5.82 Å². The van der Waals surface area contributed by atoms with Crippen molar-refractivity contribution in [3.05, 3.63) is 139 Å². The Morgan fingerprint density at radius 3 is 2.23 bits per heavy atom. The van der Waals surface area contributed by atoms with Crippen molar-refractivity contribution in [3.63, 3.8) is 0 Å². The maximum Gasteiger partial charge on any atom is 0.165 e. The molecule has 0 saturated carbocycles. The van der Waals surface area contributed by atoms with Gasteiger partial charge in [0, 0.05) is 42.6 Å². The fourth-order valence-corrected chi connectivity index (χ4v) is 10.7. The molecular weight excluding hydrogens is 655 g/mol. The first-order chi connectivity index (χ1) is 25.5. The standard InChI is InChI=1S/C47H27N3OS/c1-47(2)31-14-5-3-10-26(31)27-19-17-25(23-32(27)47)43-45(48-44-30-11-4-6-16-37(30)52-46(44)49-43)50-33-20-18-24-9-7-12-28-29-13-8-15-35-39(29)42-36(51-35)22-21-34(50)41(42)40(33)38(24)28/h3-23H,1-2H3. The fraction of sp³-hybridized carbons (Fsp3) is 0.0638. The van der Waals surface area contributed by atoms with Gasteiger partial charge in [-0.3, -0.25) is 4.57 Å². The summed E-state index contributed by atoms with van der Waals surface area (Å²) in [6.45, 7) is 4.68. The molecule has 0 radical (unpaired) electrons. The number of aromatic nitrogens is 3. The smallest absolute Gasteiger partial charge is 0.165 e. The molecule has 0 atom stereocenters. The van der Waals surface area contributed by atoms with Gasteiger partial charge in [0.05, 0.1) is 11.0 Å². The van der Waals surface area contributed by atoms with Crippen LogP contribution < -0.4 is 0 Å². The van der Waals surface area contributed by atoms with Gasteiger partial charge in [-0.1, -0.05) is 105 Å². The first-order valence-electron chi connectivity index (χ1n) is 17.8. The van der Waals surface area contributed by atoms with E-state index < -0.39 is 0 Å². The molecule has 0 saturated heterocycles. The zero-order valence-corrected chi connectivity index (χ0v) is 29.1. The summed E-state index contributed by atoms with van der Waals surface area (Å²) in [7, 11) is 0. The number of hydrogen-bond acceptors (Lipinski definition) is 4. The second-order valence-electron chi connectivity index (χ2n) is 14.9. The van der Waals surface area contributed by atoms with Gasteiger partial charge in [-0.05, 0) is 80.6 Å². The number of rotatable bonds is 2. The van der Waals surface area contributed by atoms with Gasteiger partial charge in [-0.2, -0.15) is 0 Å². The molecule has 2 aliphatic carbocycles. The number of fused-ring (bicyclic) bond motifs is 7. The highest BCUT2D eigenvalue weighted by atomic mass is 32.1. The lowest BCUT2D eigenvalue weighted by Gasteiger charge is -2.22. The molecule has 7 aromatic carbocycles. The van der Waals surface area contributed by atoms with Crippen molar-refractivity contribution >= 4 is 86.3 Å². The molecule has 0 bridgehead atoms. The van der Waals surface area contributed by atoms with E-state index >= 15 is 0 Å². The lowest BCUT2D eigenvalue weighted by Crippen LogP contribution is -2.15. The molecule has 2 aliphatic rings. The van der Waals surface area contributed by atoms with E-state index in [2.05, 4.69) is 146 Å². The molecule has 11 aromatic rings. The minimum absolute atomic E-state index is 0.137. The number of nitrogens with zero attached hydrogens (tertiary/aromatic N) is 3. The molecule has 0 aliphatic heterocycles. The maximum absolute atomic E-state index is 6.57. The monoisotopic (exact) mass is 681 g/mol. The van der Waals surface area contributed by atoms with Gasteiger partial charge in [0.2, 0.25) is 0 Å². The summed E-state index contributed by atoms with van der Waals surface area (Å²) in [6.07, 6.45) is 0. The van der Waals surface area contributed by atoms with Crippen LogP contribution in [0.4, 0.5) is 0 Å². The summed E-state index contributed by atoms with van der Waals surface area (Å²) < 4.78 is 10.1. The normalized spacial score (nSPS) is 14.1. The fourth-order valence-electron chi connectivity index (χ4n) is 9.67. The molecular formula is C47H27N3OS. The lowest BCUT2D eigenvalue weighted by molar-refractivity contribution is 0.660. The van der Waals surface area contributed by atoms with Crippen molar-refractivity contribution in [2.24, 2.45) is 0 Å². The van der Waals surface area contributed by atoms with E-state index in [1.54, 1.807) is 11.3 Å². The Bertz CT molecular complexity index is 3450. The number of benzene rings is 7. The van der Waals surface area contributed by atoms with Crippen LogP contribution in [0.3, 0.4) is 0 Å². The van der Waals surface area contributed by atoms with E-state index in [0.717, 1.165) is 55.0 Å². The van der Waals surface area contributed by atoms with E-state index in [4.69, 9.17) is 14.4 Å². The molecule has 4 aromatic heterocycles. The number of furan rings is 1. The van der Waals surface area contributed by atoms with Crippen LogP contribution in [0.1, 0.15) is 25.0 Å². The molecule has 4 nitrogen and oxygen atoms in total. The topological polar surface area (TPSA) is 43.9 Å². The zero-order chi connectivity index (χ0) is 34.0. The average Bonchev–Trinajstić information content (AvgIpc) is 3.88. The van der Waals surface area contributed by atoms with Crippen molar-refractivity contribution in [1.82, 2.24) is 14.5 Å². The third-order valence-electron chi connectivity index (χ3n) is 11.9. The molecule has 52 heavy (non-hydrogen) atoms. The summed E-state index contributed by atoms with van der Waals surface area (Å²) >= 11 is 1.72. The van der Waals surface area contributed by atoms with Crippen LogP contribution in [0.15, 0.2) is 132 Å². The van der Waals surface area contributed by atoms with E-state index in [1.165, 1.54) is 70.4 Å². The van der Waals surface area contributed by atoms with Gasteiger partial charge in [-0.25, -0.2) is 9.97 Å². The van der Waals surface area contributed by atoms with Crippen molar-refractivity contribution < 1.29 is 4.42 Å². The van der Waals surface area contributed by atoms with Crippen LogP contribution in [0, 0.1) is 0 Å². The predicted octanol–water partition coefficient (Wildman–Crippen LogP) is 12.9. The summed E-state index contributed by atoms with van der Waals surface area (Å²) in [5.74, 6) is 0.842. The summed E-state index contributed by atoms with van der Waals surface area (Å²) in [5.41, 5.74) is 14.6. The van der Waals surface area contributed by atoms with E-state index in [-0.39, 0.29) is 5.41 Å². The molecule has 13 rings (SSSR count). The van der Waals surface area contributed by atoms with Crippen LogP contribution in [0.25, 0.3) is 114 Å². The molecule has 0 spiro atoms. The molecule has 242 valence electrons. The Balaban J connectivity index is 1.21. The van der Waals surface area contributed by atoms with E-state index in [1.807, 2.05) is 0 Å². The van der Waals surface area contributed by atoms with Gasteiger partial charge in [-0.15, -0.1) is 11.3 Å². The van der Waals surface area contributed by atoms with E-state index in [0.29, 0.717) is 0 Å². The van der Waals surface area contributed by atoms with Gasteiger partial charge in [0.25, 0.3) is 0 Å². The largest absolute Gasteiger partial charge is 0.456 e. The molecule has 4 heterocycles. The number of thiophene rings is 1. The lowest BCUT2D eigenvalue weighted by atomic mass is 9.82. The highest BCUT2D eigenvalue weighted by molar-refractivity contribution is 7.25. The van der Waals surface area contributed by atoms with Crippen LogP contribution in [-0.2, 0) is 5.41 Å². The molecule has 5 heteroatoms. The van der Waals surface area contributed by atoms with Crippen molar-refractivity contribution in [2.45, 2.75) is 19.3 Å². The molecule has 0 unspecified atom stereocenters. The highest BCUT2D eigenvalue weighted by Crippen LogP contribution is 2.53. The predicted molar refractivity (Wildman–Crippen MR) is 216 cm³/mol. The van der Waals surface area contributed by atoms with Gasteiger partial charge >= 0.3 is 0 Å². The first-order valence-corrected chi connectivity index (χ1v) is 18.7. The van der Waals surface area contributed by atoms with Crippen LogP contribution in [0.5, 0.6) is 0 Å². The third kappa shape index (κ3) is 3.16. The average molecular weight is 682 g/mol. The van der Waals surface area contributed by atoms with Crippen LogP contribution in [0.2, 0.25) is 0 Å².